The zero-order valence-electron chi connectivity index (χ0n) is 14.0. The summed E-state index contributed by atoms with van der Waals surface area (Å²) in [7, 11) is 1.38. The third-order valence-corrected chi connectivity index (χ3v) is 3.98. The summed E-state index contributed by atoms with van der Waals surface area (Å²) in [5, 5.41) is 17.2. The summed E-state index contributed by atoms with van der Waals surface area (Å²) in [6.45, 7) is 1.38. The molecule has 1 amide bonds. The number of rotatable bonds is 7. The lowest BCUT2D eigenvalue weighted by Crippen LogP contribution is -2.29. The second-order valence-electron chi connectivity index (χ2n) is 5.10. The van der Waals surface area contributed by atoms with Crippen molar-refractivity contribution in [2.45, 2.75) is 13.0 Å². The van der Waals surface area contributed by atoms with Crippen molar-refractivity contribution in [2.75, 3.05) is 12.4 Å². The van der Waals surface area contributed by atoms with Crippen molar-refractivity contribution in [2.24, 2.45) is 0 Å². The van der Waals surface area contributed by atoms with Gasteiger partial charge in [0.1, 0.15) is 11.4 Å². The number of nitrogens with one attached hydrogen (secondary N) is 1. The van der Waals surface area contributed by atoms with Gasteiger partial charge in [0, 0.05) is 6.08 Å². The van der Waals surface area contributed by atoms with Crippen molar-refractivity contribution in [3.8, 4) is 5.75 Å². The third kappa shape index (κ3) is 5.15. The monoisotopic (exact) mass is 376 g/mol. The van der Waals surface area contributed by atoms with E-state index in [0.29, 0.717) is 0 Å². The van der Waals surface area contributed by atoms with Gasteiger partial charge in [0.25, 0.3) is 11.6 Å². The number of nitro groups is 1. The first-order valence-corrected chi connectivity index (χ1v) is 8.39. The normalized spacial score (nSPS) is 11.8. The molecule has 1 aromatic heterocycles. The van der Waals surface area contributed by atoms with E-state index >= 15 is 0 Å². The predicted molar refractivity (Wildman–Crippen MR) is 97.2 cm³/mol. The Morgan fingerprint density at radius 3 is 2.73 bits per heavy atom. The molecule has 1 heterocycles. The minimum absolute atomic E-state index is 0.0162. The molecule has 2 rings (SSSR count). The summed E-state index contributed by atoms with van der Waals surface area (Å²) in [6, 6.07) is 5.84. The molecule has 9 heteroatoms. The zero-order chi connectivity index (χ0) is 19.1. The topological polar surface area (TPSA) is 108 Å². The lowest BCUT2D eigenvalue weighted by molar-refractivity contribution is -0.384. The molecule has 136 valence electrons. The van der Waals surface area contributed by atoms with E-state index in [1.54, 1.807) is 6.08 Å². The summed E-state index contributed by atoms with van der Waals surface area (Å²) >= 11 is 1.49. The molecule has 0 aliphatic rings. The molecular formula is C17H16N2O6S. The van der Waals surface area contributed by atoms with E-state index in [4.69, 9.17) is 9.47 Å². The van der Waals surface area contributed by atoms with Gasteiger partial charge in [0.2, 0.25) is 0 Å². The maximum absolute atomic E-state index is 12.1. The molecule has 0 spiro atoms. The van der Waals surface area contributed by atoms with Gasteiger partial charge >= 0.3 is 5.97 Å². The number of carbonyl (C=O) groups excluding carboxylic acids is 2. The van der Waals surface area contributed by atoms with Gasteiger partial charge in [-0.1, -0.05) is 0 Å². The number of amides is 1. The van der Waals surface area contributed by atoms with Gasteiger partial charge in [-0.2, -0.15) is 11.3 Å². The lowest BCUT2D eigenvalue weighted by atomic mass is 10.2. The van der Waals surface area contributed by atoms with E-state index in [0.717, 1.165) is 5.56 Å². The van der Waals surface area contributed by atoms with E-state index in [1.807, 2.05) is 16.8 Å². The highest BCUT2D eigenvalue weighted by molar-refractivity contribution is 7.08. The summed E-state index contributed by atoms with van der Waals surface area (Å²) in [6.07, 6.45) is 1.65. The van der Waals surface area contributed by atoms with Crippen LogP contribution >= 0.6 is 11.3 Å². The SMILES string of the molecule is COc1ccc(NC(=O)[C@H](C)OC(=O)/C=C/c2ccsc2)c([N+](=O)[O-])c1. The number of esters is 1. The quantitative estimate of drug-likeness (QED) is 0.344. The molecule has 26 heavy (non-hydrogen) atoms. The maximum Gasteiger partial charge on any atom is 0.331 e. The van der Waals surface area contributed by atoms with Crippen molar-refractivity contribution in [1.29, 1.82) is 0 Å². The highest BCUT2D eigenvalue weighted by atomic mass is 32.1. The first-order chi connectivity index (χ1) is 12.4. The van der Waals surface area contributed by atoms with Crippen LogP contribution in [0, 0.1) is 10.1 Å². The number of hydrogen-bond acceptors (Lipinski definition) is 7. The largest absolute Gasteiger partial charge is 0.496 e. The molecule has 0 saturated heterocycles. The Morgan fingerprint density at radius 2 is 2.12 bits per heavy atom. The van der Waals surface area contributed by atoms with E-state index < -0.39 is 22.9 Å². The van der Waals surface area contributed by atoms with Crippen LogP contribution in [0.15, 0.2) is 41.1 Å². The van der Waals surface area contributed by atoms with Gasteiger partial charge in [0.05, 0.1) is 18.1 Å². The number of carbonyl (C=O) groups is 2. The lowest BCUT2D eigenvalue weighted by Gasteiger charge is -2.13. The number of benzene rings is 1. The van der Waals surface area contributed by atoms with Gasteiger partial charge in [-0.3, -0.25) is 14.9 Å². The highest BCUT2D eigenvalue weighted by Gasteiger charge is 2.22. The number of nitro benzene ring substituents is 1. The third-order valence-electron chi connectivity index (χ3n) is 3.28. The van der Waals surface area contributed by atoms with Crippen molar-refractivity contribution in [1.82, 2.24) is 0 Å². The fourth-order valence-electron chi connectivity index (χ4n) is 1.93. The molecule has 8 nitrogen and oxygen atoms in total. The number of methoxy groups -OCH3 is 1. The standard InChI is InChI=1S/C17H16N2O6S/c1-11(25-16(20)6-3-12-7-8-26-10-12)17(21)18-14-5-4-13(24-2)9-15(14)19(22)23/h3-11H,1-2H3,(H,18,21)/b6-3+/t11-/m0/s1. The minimum Gasteiger partial charge on any atom is -0.496 e. The van der Waals surface area contributed by atoms with E-state index in [2.05, 4.69) is 5.32 Å². The minimum atomic E-state index is -1.13. The van der Waals surface area contributed by atoms with Crippen molar-refractivity contribution in [3.63, 3.8) is 0 Å². The number of anilines is 1. The number of nitrogens with zero attached hydrogens (tertiary/aromatic N) is 1. The Hall–Kier alpha value is -3.20. The molecule has 0 unspecified atom stereocenters. The van der Waals surface area contributed by atoms with Gasteiger partial charge in [-0.25, -0.2) is 4.79 Å². The van der Waals surface area contributed by atoms with Gasteiger partial charge in [-0.05, 0) is 47.5 Å². The molecule has 1 atom stereocenters. The van der Waals surface area contributed by atoms with E-state index in [-0.39, 0.29) is 17.1 Å². The van der Waals surface area contributed by atoms with Crippen LogP contribution in [0.1, 0.15) is 12.5 Å². The molecule has 0 aliphatic carbocycles. The molecule has 0 radical (unpaired) electrons. The maximum atomic E-state index is 12.1. The Kier molecular flexibility index (Phi) is 6.45. The fraction of sp³-hybridized carbons (Fsp3) is 0.176. The summed E-state index contributed by atoms with van der Waals surface area (Å²) < 4.78 is 9.93. The number of ether oxygens (including phenoxy) is 2. The van der Waals surface area contributed by atoms with E-state index in [1.165, 1.54) is 49.6 Å². The molecule has 0 aliphatic heterocycles. The molecule has 0 bridgehead atoms. The second-order valence-corrected chi connectivity index (χ2v) is 5.88. The highest BCUT2D eigenvalue weighted by Crippen LogP contribution is 2.29. The molecule has 1 N–H and O–H groups in total. The van der Waals surface area contributed by atoms with Crippen LogP contribution in [0.2, 0.25) is 0 Å². The molecule has 0 saturated carbocycles. The Bertz CT molecular complexity index is 832. The van der Waals surface area contributed by atoms with Gasteiger partial charge < -0.3 is 14.8 Å². The average molecular weight is 376 g/mol. The number of thiophene rings is 1. The van der Waals surface area contributed by atoms with Crippen LogP contribution in [0.3, 0.4) is 0 Å². The fourth-order valence-corrected chi connectivity index (χ4v) is 2.56. The van der Waals surface area contributed by atoms with Gasteiger partial charge in [0.15, 0.2) is 6.10 Å². The van der Waals surface area contributed by atoms with Crippen molar-refractivity contribution >= 4 is 40.7 Å². The summed E-state index contributed by atoms with van der Waals surface area (Å²) in [4.78, 5) is 34.4. The first-order valence-electron chi connectivity index (χ1n) is 7.45. The second kappa shape index (κ2) is 8.77. The van der Waals surface area contributed by atoms with Crippen LogP contribution < -0.4 is 10.1 Å². The van der Waals surface area contributed by atoms with Crippen molar-refractivity contribution in [3.05, 3.63) is 56.8 Å². The first kappa shape index (κ1) is 19.1. The Balaban J connectivity index is 2.00. The molecular weight excluding hydrogens is 360 g/mol. The van der Waals surface area contributed by atoms with Gasteiger partial charge in [-0.15, -0.1) is 0 Å². The molecule has 0 fully saturated rings. The average Bonchev–Trinajstić information content (AvgIpc) is 3.13. The van der Waals surface area contributed by atoms with Crippen molar-refractivity contribution < 1.29 is 24.0 Å². The zero-order valence-corrected chi connectivity index (χ0v) is 14.8. The van der Waals surface area contributed by atoms with Crippen LogP contribution in [0.4, 0.5) is 11.4 Å². The Labute approximate surface area is 153 Å². The van der Waals surface area contributed by atoms with Crippen LogP contribution in [0.25, 0.3) is 6.08 Å². The number of hydrogen-bond donors (Lipinski definition) is 1. The summed E-state index contributed by atoms with van der Waals surface area (Å²) in [5.74, 6) is -1.09. The Morgan fingerprint density at radius 1 is 1.35 bits per heavy atom. The van der Waals surface area contributed by atoms with Crippen LogP contribution in [-0.4, -0.2) is 30.0 Å². The molecule has 2 aromatic rings. The summed E-state index contributed by atoms with van der Waals surface area (Å²) in [5.41, 5.74) is 0.504. The predicted octanol–water partition coefficient (Wildman–Crippen LogP) is 3.25. The molecule has 1 aromatic carbocycles. The van der Waals surface area contributed by atoms with E-state index in [9.17, 15) is 19.7 Å². The smallest absolute Gasteiger partial charge is 0.331 e. The van der Waals surface area contributed by atoms with Crippen LogP contribution in [-0.2, 0) is 14.3 Å². The van der Waals surface area contributed by atoms with Crippen LogP contribution in [0.5, 0.6) is 5.75 Å².